The van der Waals surface area contributed by atoms with Gasteiger partial charge in [0, 0.05) is 32.5 Å². The van der Waals surface area contributed by atoms with Crippen molar-refractivity contribution in [2.45, 2.75) is 32.1 Å². The Bertz CT molecular complexity index is 632. The molecule has 2 aliphatic heterocycles. The maximum atomic E-state index is 13.2. The van der Waals surface area contributed by atoms with Crippen LogP contribution in [0.25, 0.3) is 0 Å². The molecule has 0 radical (unpaired) electrons. The van der Waals surface area contributed by atoms with Crippen LogP contribution in [-0.4, -0.2) is 48.9 Å². The maximum Gasteiger partial charge on any atom is 0.251 e. The summed E-state index contributed by atoms with van der Waals surface area (Å²) in [6.45, 7) is 3.05. The van der Waals surface area contributed by atoms with E-state index < -0.39 is 0 Å². The summed E-state index contributed by atoms with van der Waals surface area (Å²) in [5.74, 6) is 0.577. The average Bonchev–Trinajstić information content (AvgIpc) is 2.98. The first-order valence-corrected chi connectivity index (χ1v) is 9.40. The largest absolute Gasteiger partial charge is 0.381 e. The van der Waals surface area contributed by atoms with Crippen LogP contribution in [0.4, 0.5) is 5.82 Å². The van der Waals surface area contributed by atoms with Crippen LogP contribution in [0, 0.1) is 23.2 Å². The summed E-state index contributed by atoms with van der Waals surface area (Å²) in [6, 6.07) is 5.59. The van der Waals surface area contributed by atoms with E-state index in [2.05, 4.69) is 16.4 Å². The molecule has 26 heavy (non-hydrogen) atoms. The lowest BCUT2D eigenvalue weighted by molar-refractivity contribution is -0.190. The third-order valence-electron chi connectivity index (χ3n) is 5.07. The van der Waals surface area contributed by atoms with Gasteiger partial charge in [-0.05, 0) is 50.2 Å². The number of anilines is 1. The molecule has 3 heterocycles. The van der Waals surface area contributed by atoms with Crippen LogP contribution in [-0.2, 0) is 14.4 Å². The van der Waals surface area contributed by atoms with E-state index in [1.54, 1.807) is 23.4 Å². The number of carbonyl (C=O) groups is 1. The van der Waals surface area contributed by atoms with Crippen molar-refractivity contribution in [3.8, 4) is 6.07 Å². The van der Waals surface area contributed by atoms with E-state index in [0.29, 0.717) is 44.3 Å². The van der Waals surface area contributed by atoms with Gasteiger partial charge in [-0.15, -0.1) is 0 Å². The van der Waals surface area contributed by atoms with Crippen LogP contribution in [0.2, 0.25) is 0 Å². The van der Waals surface area contributed by atoms with Gasteiger partial charge in [-0.2, -0.15) is 5.26 Å². The standard InChI is InChI=1S/C19H26N4O3/c20-13-16-5-4-8-21-18(16)22-14-17(15-6-11-25-12-7-15)19(24)23-9-2-1-3-10-26-23/h4-5,8,15,17H,1-3,6-7,9-12,14H2,(H,21,22). The fourth-order valence-corrected chi connectivity index (χ4v) is 3.55. The highest BCUT2D eigenvalue weighted by Gasteiger charge is 2.34. The lowest BCUT2D eigenvalue weighted by Gasteiger charge is -2.33. The number of rotatable bonds is 5. The Balaban J connectivity index is 1.72. The van der Waals surface area contributed by atoms with E-state index in [9.17, 15) is 10.1 Å². The molecule has 0 saturated carbocycles. The molecule has 0 spiro atoms. The summed E-state index contributed by atoms with van der Waals surface area (Å²) in [5.41, 5.74) is 0.483. The molecule has 1 aromatic rings. The van der Waals surface area contributed by atoms with Gasteiger partial charge >= 0.3 is 0 Å². The summed E-state index contributed by atoms with van der Waals surface area (Å²) in [6.07, 6.45) is 6.41. The van der Waals surface area contributed by atoms with Crippen LogP contribution < -0.4 is 5.32 Å². The highest BCUT2D eigenvalue weighted by atomic mass is 16.7. The molecule has 1 aromatic heterocycles. The first-order valence-electron chi connectivity index (χ1n) is 9.40. The van der Waals surface area contributed by atoms with Gasteiger partial charge in [-0.25, -0.2) is 10.0 Å². The molecular formula is C19H26N4O3. The van der Waals surface area contributed by atoms with E-state index in [4.69, 9.17) is 9.57 Å². The number of nitrogens with one attached hydrogen (secondary N) is 1. The van der Waals surface area contributed by atoms with E-state index in [0.717, 1.165) is 32.1 Å². The molecule has 2 aliphatic rings. The molecule has 140 valence electrons. The van der Waals surface area contributed by atoms with Gasteiger partial charge in [-0.1, -0.05) is 0 Å². The van der Waals surface area contributed by atoms with Crippen molar-refractivity contribution in [1.82, 2.24) is 10.0 Å². The zero-order valence-corrected chi connectivity index (χ0v) is 15.0. The van der Waals surface area contributed by atoms with Gasteiger partial charge in [0.1, 0.15) is 11.9 Å². The van der Waals surface area contributed by atoms with Crippen LogP contribution in [0.3, 0.4) is 0 Å². The third kappa shape index (κ3) is 4.71. The number of amides is 1. The zero-order valence-electron chi connectivity index (χ0n) is 15.0. The van der Waals surface area contributed by atoms with Crippen molar-refractivity contribution < 1.29 is 14.4 Å². The van der Waals surface area contributed by atoms with Crippen LogP contribution in [0.5, 0.6) is 0 Å². The number of nitrogens with zero attached hydrogens (tertiary/aromatic N) is 3. The van der Waals surface area contributed by atoms with Crippen molar-refractivity contribution in [2.24, 2.45) is 11.8 Å². The molecule has 3 rings (SSSR count). The molecule has 7 heteroatoms. The summed E-state index contributed by atoms with van der Waals surface area (Å²) in [7, 11) is 0. The van der Waals surface area contributed by atoms with Gasteiger partial charge in [0.05, 0.1) is 18.1 Å². The maximum absolute atomic E-state index is 13.2. The predicted molar refractivity (Wildman–Crippen MR) is 96.0 cm³/mol. The Morgan fingerprint density at radius 2 is 2.19 bits per heavy atom. The van der Waals surface area contributed by atoms with Crippen molar-refractivity contribution >= 4 is 11.7 Å². The van der Waals surface area contributed by atoms with Crippen LogP contribution >= 0.6 is 0 Å². The number of nitriles is 1. The van der Waals surface area contributed by atoms with Crippen molar-refractivity contribution in [3.63, 3.8) is 0 Å². The Hall–Kier alpha value is -2.17. The minimum absolute atomic E-state index is 0.0285. The number of hydrogen-bond donors (Lipinski definition) is 1. The quantitative estimate of drug-likeness (QED) is 0.869. The Labute approximate surface area is 154 Å². The van der Waals surface area contributed by atoms with Crippen molar-refractivity contribution in [1.29, 1.82) is 5.26 Å². The summed E-state index contributed by atoms with van der Waals surface area (Å²) in [5, 5.41) is 14.0. The van der Waals surface area contributed by atoms with E-state index >= 15 is 0 Å². The average molecular weight is 358 g/mol. The fraction of sp³-hybridized carbons (Fsp3) is 0.632. The van der Waals surface area contributed by atoms with Gasteiger partial charge < -0.3 is 10.1 Å². The number of hydroxylamine groups is 2. The monoisotopic (exact) mass is 358 g/mol. The summed E-state index contributed by atoms with van der Waals surface area (Å²) in [4.78, 5) is 23.1. The molecule has 0 bridgehead atoms. The molecule has 1 atom stereocenters. The molecule has 1 N–H and O–H groups in total. The van der Waals surface area contributed by atoms with E-state index in [-0.39, 0.29) is 17.7 Å². The van der Waals surface area contributed by atoms with Gasteiger partial charge in [0.25, 0.3) is 5.91 Å². The molecule has 2 saturated heterocycles. The number of aromatic nitrogens is 1. The second-order valence-corrected chi connectivity index (χ2v) is 6.78. The van der Waals surface area contributed by atoms with E-state index in [1.165, 1.54) is 0 Å². The highest BCUT2D eigenvalue weighted by Crippen LogP contribution is 2.27. The second kappa shape index (κ2) is 9.51. The fourth-order valence-electron chi connectivity index (χ4n) is 3.55. The first kappa shape index (κ1) is 18.6. The second-order valence-electron chi connectivity index (χ2n) is 6.78. The Kier molecular flexibility index (Phi) is 6.81. The number of hydrogen-bond acceptors (Lipinski definition) is 6. The number of carbonyl (C=O) groups excluding carboxylic acids is 1. The van der Waals surface area contributed by atoms with Gasteiger partial charge in [0.2, 0.25) is 0 Å². The van der Waals surface area contributed by atoms with Crippen molar-refractivity contribution in [3.05, 3.63) is 23.9 Å². The van der Waals surface area contributed by atoms with Crippen LogP contribution in [0.15, 0.2) is 18.3 Å². The smallest absolute Gasteiger partial charge is 0.251 e. The Morgan fingerprint density at radius 1 is 1.35 bits per heavy atom. The van der Waals surface area contributed by atoms with Crippen molar-refractivity contribution in [2.75, 3.05) is 38.2 Å². The van der Waals surface area contributed by atoms with E-state index in [1.807, 2.05) is 0 Å². The minimum Gasteiger partial charge on any atom is -0.381 e. The molecule has 2 fully saturated rings. The normalized spacial score (nSPS) is 20.0. The minimum atomic E-state index is -0.217. The molecular weight excluding hydrogens is 332 g/mol. The highest BCUT2D eigenvalue weighted by molar-refractivity contribution is 5.79. The summed E-state index contributed by atoms with van der Waals surface area (Å²) >= 11 is 0. The first-order chi connectivity index (χ1) is 12.8. The summed E-state index contributed by atoms with van der Waals surface area (Å²) < 4.78 is 5.46. The third-order valence-corrected chi connectivity index (χ3v) is 5.07. The SMILES string of the molecule is N#Cc1cccnc1NCC(C(=O)N1CCCCCO1)C1CCOCC1. The van der Waals surface area contributed by atoms with Gasteiger partial charge in [-0.3, -0.25) is 9.63 Å². The topological polar surface area (TPSA) is 87.5 Å². The molecule has 0 aromatic carbocycles. The molecule has 0 aliphatic carbocycles. The lowest BCUT2D eigenvalue weighted by atomic mass is 9.85. The zero-order chi connectivity index (χ0) is 18.2. The van der Waals surface area contributed by atoms with Crippen LogP contribution in [0.1, 0.15) is 37.7 Å². The lowest BCUT2D eigenvalue weighted by Crippen LogP contribution is -2.43. The molecule has 7 nitrogen and oxygen atoms in total. The molecule has 1 amide bonds. The number of ether oxygens (including phenoxy) is 1. The van der Waals surface area contributed by atoms with Gasteiger partial charge in [0.15, 0.2) is 0 Å². The molecule has 1 unspecified atom stereocenters. The Morgan fingerprint density at radius 3 is 3.00 bits per heavy atom. The number of pyridine rings is 1. The predicted octanol–water partition coefficient (Wildman–Crippen LogP) is 2.35.